The maximum absolute atomic E-state index is 11.6. The first kappa shape index (κ1) is 12.8. The number of rotatable bonds is 5. The monoisotopic (exact) mass is 240 g/mol. The number of nitrogens with one attached hydrogen (secondary N) is 1. The molecule has 0 aliphatic carbocycles. The molecule has 4 heteroatoms. The molecule has 0 amide bonds. The summed E-state index contributed by atoms with van der Waals surface area (Å²) in [5.41, 5.74) is -0.00387. The van der Waals surface area contributed by atoms with E-state index < -0.39 is 0 Å². The van der Waals surface area contributed by atoms with Gasteiger partial charge in [0.15, 0.2) is 0 Å². The molecule has 2 aliphatic heterocycles. The van der Waals surface area contributed by atoms with Gasteiger partial charge in [0.05, 0.1) is 13.5 Å². The Labute approximate surface area is 104 Å². The quantitative estimate of drug-likeness (QED) is 0.728. The van der Waals surface area contributed by atoms with Gasteiger partial charge < -0.3 is 15.0 Å². The minimum absolute atomic E-state index is 0.00387. The Bertz CT molecular complexity index is 283. The van der Waals surface area contributed by atoms with Crippen molar-refractivity contribution >= 4 is 5.97 Å². The Kier molecular flexibility index (Phi) is 4.05. The first-order chi connectivity index (χ1) is 8.20. The van der Waals surface area contributed by atoms with E-state index in [-0.39, 0.29) is 11.5 Å². The third-order valence-electron chi connectivity index (χ3n) is 4.34. The lowest BCUT2D eigenvalue weighted by atomic mass is 9.76. The van der Waals surface area contributed by atoms with Gasteiger partial charge in [0, 0.05) is 12.1 Å². The summed E-state index contributed by atoms with van der Waals surface area (Å²) in [6, 6.07) is 0. The van der Waals surface area contributed by atoms with E-state index in [9.17, 15) is 4.79 Å². The molecule has 0 radical (unpaired) electrons. The lowest BCUT2D eigenvalue weighted by Crippen LogP contribution is -2.57. The van der Waals surface area contributed by atoms with E-state index in [0.717, 1.165) is 32.5 Å². The van der Waals surface area contributed by atoms with Crippen LogP contribution in [0.3, 0.4) is 0 Å². The molecule has 3 unspecified atom stereocenters. The van der Waals surface area contributed by atoms with E-state index in [1.54, 1.807) is 0 Å². The van der Waals surface area contributed by atoms with E-state index in [2.05, 4.69) is 17.1 Å². The van der Waals surface area contributed by atoms with Crippen molar-refractivity contribution in [2.45, 2.75) is 38.1 Å². The molecular weight excluding hydrogens is 216 g/mol. The maximum Gasteiger partial charge on any atom is 0.307 e. The predicted molar refractivity (Wildman–Crippen MR) is 66.8 cm³/mol. The number of carbonyl (C=O) groups is 1. The summed E-state index contributed by atoms with van der Waals surface area (Å²) in [7, 11) is 1.49. The molecular formula is C13H24N2O2. The van der Waals surface area contributed by atoms with Crippen molar-refractivity contribution in [3.8, 4) is 0 Å². The van der Waals surface area contributed by atoms with Gasteiger partial charge in [-0.05, 0) is 44.8 Å². The molecule has 2 saturated heterocycles. The van der Waals surface area contributed by atoms with E-state index in [1.807, 2.05) is 0 Å². The zero-order valence-corrected chi connectivity index (χ0v) is 11.0. The molecule has 2 aliphatic rings. The van der Waals surface area contributed by atoms with Crippen molar-refractivity contribution in [3.05, 3.63) is 0 Å². The summed E-state index contributed by atoms with van der Waals surface area (Å²) in [6.45, 7) is 6.62. The van der Waals surface area contributed by atoms with Crippen LogP contribution in [0.15, 0.2) is 0 Å². The van der Waals surface area contributed by atoms with Gasteiger partial charge in [-0.15, -0.1) is 0 Å². The number of nitrogens with zero attached hydrogens (tertiary/aromatic N) is 1. The average Bonchev–Trinajstić information content (AvgIpc) is 2.76. The third kappa shape index (κ3) is 2.63. The van der Waals surface area contributed by atoms with Gasteiger partial charge in [-0.2, -0.15) is 0 Å². The molecule has 0 aromatic carbocycles. The van der Waals surface area contributed by atoms with Crippen molar-refractivity contribution in [1.29, 1.82) is 0 Å². The molecule has 0 saturated carbocycles. The Balaban J connectivity index is 2.08. The maximum atomic E-state index is 11.6. The summed E-state index contributed by atoms with van der Waals surface area (Å²) >= 11 is 0. The molecule has 1 N–H and O–H groups in total. The van der Waals surface area contributed by atoms with Crippen molar-refractivity contribution in [2.24, 2.45) is 5.92 Å². The van der Waals surface area contributed by atoms with Gasteiger partial charge >= 0.3 is 5.97 Å². The first-order valence-corrected chi connectivity index (χ1v) is 6.74. The number of esters is 1. The number of carbonyl (C=O) groups excluding carboxylic acids is 1. The molecule has 2 rings (SSSR count). The molecule has 2 heterocycles. The fourth-order valence-corrected chi connectivity index (χ4v) is 3.28. The summed E-state index contributed by atoms with van der Waals surface area (Å²) in [5.74, 6) is 0.538. The van der Waals surface area contributed by atoms with Gasteiger partial charge in [-0.3, -0.25) is 4.79 Å². The normalized spacial score (nSPS) is 35.9. The molecule has 98 valence electrons. The van der Waals surface area contributed by atoms with Crippen LogP contribution in [0.1, 0.15) is 32.6 Å². The predicted octanol–water partition coefficient (Wildman–Crippen LogP) is 1.01. The molecule has 4 nitrogen and oxygen atoms in total. The van der Waals surface area contributed by atoms with Crippen LogP contribution in [0.25, 0.3) is 0 Å². The second kappa shape index (κ2) is 5.36. The van der Waals surface area contributed by atoms with Gasteiger partial charge in [-0.1, -0.05) is 6.92 Å². The molecule has 0 aromatic rings. The third-order valence-corrected chi connectivity index (χ3v) is 4.34. The molecule has 2 fully saturated rings. The lowest BCUT2D eigenvalue weighted by Gasteiger charge is -2.43. The SMILES string of the molecule is CCCNC1(CC(=O)OC)CCN2CCC1C2. The van der Waals surface area contributed by atoms with Gasteiger partial charge in [-0.25, -0.2) is 0 Å². The topological polar surface area (TPSA) is 41.6 Å². The van der Waals surface area contributed by atoms with Gasteiger partial charge in [0.25, 0.3) is 0 Å². The number of methoxy groups -OCH3 is 1. The number of piperidine rings is 1. The van der Waals surface area contributed by atoms with Crippen molar-refractivity contribution in [2.75, 3.05) is 33.3 Å². The largest absolute Gasteiger partial charge is 0.469 e. The van der Waals surface area contributed by atoms with Crippen LogP contribution in [-0.4, -0.2) is 49.7 Å². The number of hydrogen-bond acceptors (Lipinski definition) is 4. The number of fused-ring (bicyclic) bond motifs is 2. The van der Waals surface area contributed by atoms with E-state index >= 15 is 0 Å². The molecule has 0 aromatic heterocycles. The van der Waals surface area contributed by atoms with Crippen LogP contribution in [0.2, 0.25) is 0 Å². The number of ether oxygens (including phenoxy) is 1. The first-order valence-electron chi connectivity index (χ1n) is 6.74. The number of hydrogen-bond donors (Lipinski definition) is 1. The Hall–Kier alpha value is -0.610. The fraction of sp³-hybridized carbons (Fsp3) is 0.923. The molecule has 17 heavy (non-hydrogen) atoms. The second-order valence-corrected chi connectivity index (χ2v) is 5.37. The summed E-state index contributed by atoms with van der Waals surface area (Å²) in [4.78, 5) is 14.2. The van der Waals surface area contributed by atoms with Crippen LogP contribution in [0.4, 0.5) is 0 Å². The zero-order chi connectivity index (χ0) is 12.3. The highest BCUT2D eigenvalue weighted by atomic mass is 16.5. The minimum Gasteiger partial charge on any atom is -0.469 e. The van der Waals surface area contributed by atoms with E-state index in [1.165, 1.54) is 20.1 Å². The minimum atomic E-state index is -0.0750. The summed E-state index contributed by atoms with van der Waals surface area (Å²) in [6.07, 6.45) is 3.93. The second-order valence-electron chi connectivity index (χ2n) is 5.37. The Morgan fingerprint density at radius 2 is 2.35 bits per heavy atom. The highest BCUT2D eigenvalue weighted by Crippen LogP contribution is 2.38. The van der Waals surface area contributed by atoms with E-state index in [4.69, 9.17) is 4.74 Å². The highest BCUT2D eigenvalue weighted by molar-refractivity contribution is 5.71. The average molecular weight is 240 g/mol. The van der Waals surface area contributed by atoms with Crippen molar-refractivity contribution in [1.82, 2.24) is 10.2 Å². The van der Waals surface area contributed by atoms with Gasteiger partial charge in [0.1, 0.15) is 0 Å². The van der Waals surface area contributed by atoms with Crippen LogP contribution >= 0.6 is 0 Å². The van der Waals surface area contributed by atoms with Crippen molar-refractivity contribution < 1.29 is 9.53 Å². The summed E-state index contributed by atoms with van der Waals surface area (Å²) < 4.78 is 4.87. The highest BCUT2D eigenvalue weighted by Gasteiger charge is 2.46. The smallest absolute Gasteiger partial charge is 0.307 e. The van der Waals surface area contributed by atoms with Crippen LogP contribution in [-0.2, 0) is 9.53 Å². The van der Waals surface area contributed by atoms with E-state index in [0.29, 0.717) is 12.3 Å². The summed E-state index contributed by atoms with van der Waals surface area (Å²) in [5, 5.41) is 3.65. The van der Waals surface area contributed by atoms with Crippen molar-refractivity contribution in [3.63, 3.8) is 0 Å². The fourth-order valence-electron chi connectivity index (χ4n) is 3.28. The molecule has 2 bridgehead atoms. The Morgan fingerprint density at radius 1 is 1.53 bits per heavy atom. The molecule has 0 spiro atoms. The van der Waals surface area contributed by atoms with Crippen LogP contribution < -0.4 is 5.32 Å². The lowest BCUT2D eigenvalue weighted by molar-refractivity contribution is -0.143. The van der Waals surface area contributed by atoms with Crippen LogP contribution in [0.5, 0.6) is 0 Å². The standard InChI is InChI=1S/C13H24N2O2/c1-3-6-14-13(9-12(16)17-2)5-8-15-7-4-11(13)10-15/h11,14H,3-10H2,1-2H3. The van der Waals surface area contributed by atoms with Gasteiger partial charge in [0.2, 0.25) is 0 Å². The van der Waals surface area contributed by atoms with Crippen LogP contribution in [0, 0.1) is 5.92 Å². The zero-order valence-electron chi connectivity index (χ0n) is 11.0. The Morgan fingerprint density at radius 3 is 3.06 bits per heavy atom. The molecule has 3 atom stereocenters.